The summed E-state index contributed by atoms with van der Waals surface area (Å²) in [5.74, 6) is 1.14. The van der Waals surface area contributed by atoms with E-state index in [2.05, 4.69) is 26.2 Å². The van der Waals surface area contributed by atoms with Crippen molar-refractivity contribution < 1.29 is 9.53 Å². The van der Waals surface area contributed by atoms with Gasteiger partial charge in [0.1, 0.15) is 17.3 Å². The highest BCUT2D eigenvalue weighted by molar-refractivity contribution is 9.10. The Morgan fingerprint density at radius 2 is 1.77 bits per heavy atom. The van der Waals surface area contributed by atoms with Crippen LogP contribution in [0.2, 0.25) is 0 Å². The number of benzene rings is 2. The van der Waals surface area contributed by atoms with Crippen LogP contribution in [0.15, 0.2) is 63.7 Å². The van der Waals surface area contributed by atoms with Crippen LogP contribution in [0.3, 0.4) is 0 Å². The smallest absolute Gasteiger partial charge is 0.275 e. The van der Waals surface area contributed by atoms with E-state index in [1.54, 1.807) is 13.2 Å². The third-order valence-corrected chi connectivity index (χ3v) is 3.76. The van der Waals surface area contributed by atoms with Gasteiger partial charge >= 0.3 is 0 Å². The summed E-state index contributed by atoms with van der Waals surface area (Å²) in [7, 11) is 1.62. The highest BCUT2D eigenvalue weighted by Crippen LogP contribution is 2.18. The van der Waals surface area contributed by atoms with Crippen molar-refractivity contribution in [3.8, 4) is 5.75 Å². The number of halogens is 1. The van der Waals surface area contributed by atoms with Gasteiger partial charge in [-0.25, -0.2) is 4.99 Å². The number of rotatable bonds is 3. The second-order valence-electron chi connectivity index (χ2n) is 4.72. The van der Waals surface area contributed by atoms with Gasteiger partial charge in [-0.15, -0.1) is 0 Å². The molecule has 1 amide bonds. The van der Waals surface area contributed by atoms with Gasteiger partial charge in [-0.2, -0.15) is 0 Å². The van der Waals surface area contributed by atoms with Crippen molar-refractivity contribution in [3.63, 3.8) is 0 Å². The lowest BCUT2D eigenvalue weighted by atomic mass is 10.2. The Morgan fingerprint density at radius 1 is 1.09 bits per heavy atom. The summed E-state index contributed by atoms with van der Waals surface area (Å²) in [6.07, 6.45) is 1.75. The zero-order chi connectivity index (χ0) is 15.5. The predicted octanol–water partition coefficient (Wildman–Crippen LogP) is 3.38. The molecule has 1 aliphatic heterocycles. The van der Waals surface area contributed by atoms with Gasteiger partial charge in [0.2, 0.25) is 0 Å². The Labute approximate surface area is 136 Å². The third kappa shape index (κ3) is 3.09. The van der Waals surface area contributed by atoms with Crippen LogP contribution in [0, 0.1) is 0 Å². The lowest BCUT2D eigenvalue weighted by molar-refractivity contribution is -0.115. The van der Waals surface area contributed by atoms with Crippen molar-refractivity contribution >= 4 is 33.7 Å². The van der Waals surface area contributed by atoms with Crippen LogP contribution < -0.4 is 10.1 Å². The maximum atomic E-state index is 12.0. The fourth-order valence-corrected chi connectivity index (χ4v) is 2.34. The normalized spacial score (nSPS) is 15.6. The first-order valence-electron chi connectivity index (χ1n) is 6.67. The molecule has 0 unspecified atom stereocenters. The van der Waals surface area contributed by atoms with Crippen LogP contribution in [0.25, 0.3) is 6.08 Å². The molecular formula is C17H13BrN2O2. The molecule has 0 fully saturated rings. The summed E-state index contributed by atoms with van der Waals surface area (Å²) in [5, 5.41) is 2.79. The molecule has 1 heterocycles. The van der Waals surface area contributed by atoms with Crippen molar-refractivity contribution in [3.05, 3.63) is 69.8 Å². The monoisotopic (exact) mass is 356 g/mol. The van der Waals surface area contributed by atoms with Gasteiger partial charge in [0.05, 0.1) is 7.11 Å². The summed E-state index contributed by atoms with van der Waals surface area (Å²) >= 11 is 3.38. The Hall–Kier alpha value is -2.40. The van der Waals surface area contributed by atoms with Crippen molar-refractivity contribution in [1.29, 1.82) is 0 Å². The van der Waals surface area contributed by atoms with Crippen molar-refractivity contribution in [2.75, 3.05) is 7.11 Å². The molecule has 0 radical (unpaired) electrons. The highest BCUT2D eigenvalue weighted by Gasteiger charge is 2.20. The summed E-state index contributed by atoms with van der Waals surface area (Å²) < 4.78 is 6.10. The largest absolute Gasteiger partial charge is 0.497 e. The van der Waals surface area contributed by atoms with E-state index in [1.807, 2.05) is 48.5 Å². The Morgan fingerprint density at radius 3 is 2.41 bits per heavy atom. The van der Waals surface area contributed by atoms with Crippen LogP contribution in [0.5, 0.6) is 5.75 Å². The third-order valence-electron chi connectivity index (χ3n) is 3.23. The van der Waals surface area contributed by atoms with Crippen LogP contribution in [-0.2, 0) is 4.79 Å². The van der Waals surface area contributed by atoms with E-state index >= 15 is 0 Å². The van der Waals surface area contributed by atoms with Crippen molar-refractivity contribution in [2.24, 2.45) is 4.99 Å². The van der Waals surface area contributed by atoms with Gasteiger partial charge in [0.25, 0.3) is 5.91 Å². The highest BCUT2D eigenvalue weighted by atomic mass is 79.9. The predicted molar refractivity (Wildman–Crippen MR) is 89.8 cm³/mol. The fraction of sp³-hybridized carbons (Fsp3) is 0.0588. The first-order chi connectivity index (χ1) is 10.7. The topological polar surface area (TPSA) is 50.7 Å². The van der Waals surface area contributed by atoms with E-state index in [-0.39, 0.29) is 5.91 Å². The summed E-state index contributed by atoms with van der Waals surface area (Å²) in [4.78, 5) is 16.4. The molecule has 0 atom stereocenters. The van der Waals surface area contributed by atoms with Crippen molar-refractivity contribution in [1.82, 2.24) is 5.32 Å². The van der Waals surface area contributed by atoms with Gasteiger partial charge in [0.15, 0.2) is 0 Å². The Balaban J connectivity index is 1.88. The molecule has 0 aliphatic carbocycles. The molecule has 0 spiro atoms. The number of carbonyl (C=O) groups excluding carboxylic acids is 1. The lowest BCUT2D eigenvalue weighted by Gasteiger charge is -1.99. The molecular weight excluding hydrogens is 344 g/mol. The number of methoxy groups -OCH3 is 1. The Bertz CT molecular complexity index is 762. The summed E-state index contributed by atoms with van der Waals surface area (Å²) in [6.45, 7) is 0. The van der Waals surface area contributed by atoms with Gasteiger partial charge < -0.3 is 10.1 Å². The van der Waals surface area contributed by atoms with Crippen LogP contribution in [0.1, 0.15) is 11.1 Å². The molecule has 3 rings (SSSR count). The number of hydrogen-bond donors (Lipinski definition) is 1. The van der Waals surface area contributed by atoms with E-state index < -0.39 is 0 Å². The number of amides is 1. The van der Waals surface area contributed by atoms with Gasteiger partial charge in [-0.1, -0.05) is 40.2 Å². The number of hydrogen-bond acceptors (Lipinski definition) is 3. The Kier molecular flexibility index (Phi) is 4.06. The zero-order valence-electron chi connectivity index (χ0n) is 11.8. The van der Waals surface area contributed by atoms with Crippen LogP contribution >= 0.6 is 15.9 Å². The zero-order valence-corrected chi connectivity index (χ0v) is 13.4. The van der Waals surface area contributed by atoms with Gasteiger partial charge in [-0.05, 0) is 35.9 Å². The van der Waals surface area contributed by atoms with Gasteiger partial charge in [0, 0.05) is 10.0 Å². The maximum absolute atomic E-state index is 12.0. The number of carbonyl (C=O) groups is 1. The number of amidine groups is 1. The molecule has 22 heavy (non-hydrogen) atoms. The first kappa shape index (κ1) is 14.5. The molecule has 2 aromatic carbocycles. The first-order valence-corrected chi connectivity index (χ1v) is 7.47. The molecule has 0 saturated heterocycles. The molecule has 0 saturated carbocycles. The quantitative estimate of drug-likeness (QED) is 0.857. The average Bonchev–Trinajstić information content (AvgIpc) is 2.90. The molecule has 5 heteroatoms. The second kappa shape index (κ2) is 6.15. The van der Waals surface area contributed by atoms with Crippen LogP contribution in [-0.4, -0.2) is 18.9 Å². The molecule has 0 bridgehead atoms. The van der Waals surface area contributed by atoms with E-state index in [0.717, 1.165) is 21.3 Å². The van der Waals surface area contributed by atoms with E-state index in [0.29, 0.717) is 11.5 Å². The minimum Gasteiger partial charge on any atom is -0.497 e. The molecule has 0 aromatic heterocycles. The molecule has 2 aromatic rings. The molecule has 4 nitrogen and oxygen atoms in total. The maximum Gasteiger partial charge on any atom is 0.275 e. The minimum atomic E-state index is -0.200. The number of ether oxygens (including phenoxy) is 1. The lowest BCUT2D eigenvalue weighted by Crippen LogP contribution is -2.24. The molecule has 1 aliphatic rings. The van der Waals surface area contributed by atoms with Gasteiger partial charge in [-0.3, -0.25) is 4.79 Å². The van der Waals surface area contributed by atoms with Crippen LogP contribution in [0.4, 0.5) is 0 Å². The molecule has 1 N–H and O–H groups in total. The van der Waals surface area contributed by atoms with E-state index in [9.17, 15) is 4.79 Å². The minimum absolute atomic E-state index is 0.200. The standard InChI is InChI=1S/C17H13BrN2O2/c1-22-14-8-2-11(3-9-14)10-15-17(21)20-16(19-15)12-4-6-13(18)7-5-12/h2-10H,1H3,(H,19,20,21). The number of nitrogens with one attached hydrogen (secondary N) is 1. The summed E-state index contributed by atoms with van der Waals surface area (Å²) in [5.41, 5.74) is 2.16. The summed E-state index contributed by atoms with van der Waals surface area (Å²) in [6, 6.07) is 15.1. The van der Waals surface area contributed by atoms with E-state index in [4.69, 9.17) is 4.74 Å². The second-order valence-corrected chi connectivity index (χ2v) is 5.64. The fourth-order valence-electron chi connectivity index (χ4n) is 2.07. The van der Waals surface area contributed by atoms with Crippen molar-refractivity contribution in [2.45, 2.75) is 0 Å². The average molecular weight is 357 g/mol. The van der Waals surface area contributed by atoms with E-state index in [1.165, 1.54) is 0 Å². The SMILES string of the molecule is COc1ccc(C=C2N=C(c3ccc(Br)cc3)NC2=O)cc1. The number of nitrogens with zero attached hydrogens (tertiary/aromatic N) is 1. The molecule has 110 valence electrons. The number of aliphatic imine (C=N–C) groups is 1.